The summed E-state index contributed by atoms with van der Waals surface area (Å²) in [4.78, 5) is 23.5. The second kappa shape index (κ2) is 5.60. The highest BCUT2D eigenvalue weighted by Crippen LogP contribution is 2.22. The van der Waals surface area contributed by atoms with E-state index in [1.165, 1.54) is 0 Å². The Hall–Kier alpha value is -1.68. The molecule has 2 heterocycles. The fourth-order valence-corrected chi connectivity index (χ4v) is 2.01. The average molecular weight is 312 g/mol. The topological polar surface area (TPSA) is 73.5 Å². The van der Waals surface area contributed by atoms with Crippen molar-refractivity contribution in [1.82, 2.24) is 9.13 Å². The Morgan fingerprint density at radius 1 is 1.43 bits per heavy atom. The maximum atomic E-state index is 13.5. The van der Waals surface area contributed by atoms with Crippen molar-refractivity contribution >= 4 is 0 Å². The van der Waals surface area contributed by atoms with Crippen molar-refractivity contribution in [3.05, 3.63) is 32.9 Å². The number of aliphatic hydroxyl groups excluding tert-OH is 1. The molecule has 0 radical (unpaired) electrons. The molecule has 6 nitrogen and oxygen atoms in total. The smallest absolute Gasteiger partial charge is 0.382 e. The average Bonchev–Trinajstić information content (AvgIpc) is 2.91. The number of hydrogen-bond donors (Lipinski definition) is 1. The summed E-state index contributed by atoms with van der Waals surface area (Å²) >= 11 is 0. The minimum absolute atomic E-state index is 0.0230. The molecule has 0 aromatic carbocycles. The van der Waals surface area contributed by atoms with Crippen molar-refractivity contribution in [1.29, 1.82) is 0 Å². The van der Waals surface area contributed by atoms with E-state index < -0.39 is 42.1 Å². The van der Waals surface area contributed by atoms with Crippen LogP contribution in [0.15, 0.2) is 15.8 Å². The predicted octanol–water partition coefficient (Wildman–Crippen LogP) is 0.381. The normalized spacial score (nSPS) is 20.7. The number of halogens is 4. The molecule has 1 aromatic heterocycles. The van der Waals surface area contributed by atoms with Gasteiger partial charge in [-0.05, 0) is 12.8 Å². The second-order valence-electron chi connectivity index (χ2n) is 4.61. The van der Waals surface area contributed by atoms with Crippen LogP contribution in [0.2, 0.25) is 0 Å². The Bertz CT molecular complexity index is 631. The Balaban J connectivity index is 2.45. The number of aromatic nitrogens is 2. The largest absolute Gasteiger partial charge is 0.416 e. The van der Waals surface area contributed by atoms with E-state index >= 15 is 0 Å². The van der Waals surface area contributed by atoms with Crippen LogP contribution in [-0.4, -0.2) is 33.1 Å². The number of alkyl halides is 3. The molecule has 0 unspecified atom stereocenters. The lowest BCUT2D eigenvalue weighted by molar-refractivity contribution is -0.207. The second-order valence-corrected chi connectivity index (χ2v) is 4.61. The van der Waals surface area contributed by atoms with Crippen LogP contribution in [0.3, 0.4) is 0 Å². The molecular formula is C11H12F4N2O4. The van der Waals surface area contributed by atoms with Gasteiger partial charge in [0.15, 0.2) is 6.10 Å². The van der Waals surface area contributed by atoms with Gasteiger partial charge in [0.1, 0.15) is 6.23 Å². The molecule has 1 aliphatic heterocycles. The molecule has 118 valence electrons. The molecule has 1 N–H and O–H groups in total. The van der Waals surface area contributed by atoms with Gasteiger partial charge in [-0.3, -0.25) is 13.9 Å². The molecule has 0 spiro atoms. The highest BCUT2D eigenvalue weighted by molar-refractivity contribution is 4.92. The molecule has 1 fully saturated rings. The van der Waals surface area contributed by atoms with E-state index in [2.05, 4.69) is 0 Å². The summed E-state index contributed by atoms with van der Waals surface area (Å²) in [6, 6.07) is 0. The van der Waals surface area contributed by atoms with Crippen molar-refractivity contribution in [2.45, 2.75) is 37.9 Å². The first-order valence-corrected chi connectivity index (χ1v) is 6.09. The molecular weight excluding hydrogens is 300 g/mol. The third-order valence-corrected chi connectivity index (χ3v) is 3.10. The fraction of sp³-hybridized carbons (Fsp3) is 0.636. The van der Waals surface area contributed by atoms with Gasteiger partial charge in [-0.15, -0.1) is 0 Å². The highest BCUT2D eigenvalue weighted by atomic mass is 19.4. The van der Waals surface area contributed by atoms with Gasteiger partial charge < -0.3 is 9.84 Å². The summed E-state index contributed by atoms with van der Waals surface area (Å²) < 4.78 is 56.3. The van der Waals surface area contributed by atoms with Crippen molar-refractivity contribution in [3.8, 4) is 0 Å². The zero-order valence-electron chi connectivity index (χ0n) is 10.6. The van der Waals surface area contributed by atoms with Gasteiger partial charge in [0.25, 0.3) is 5.56 Å². The van der Waals surface area contributed by atoms with Crippen LogP contribution in [0.5, 0.6) is 0 Å². The standard InChI is InChI=1S/C11H12F4N2O4/c12-6-4-16(8-2-1-3-21-8)10(20)17(9(6)19)5-7(18)11(13,14)15/h4,7-8,18H,1-3,5H2/t7-,8-/m0/s1. The third kappa shape index (κ3) is 3.16. The van der Waals surface area contributed by atoms with Crippen molar-refractivity contribution in [3.63, 3.8) is 0 Å². The van der Waals surface area contributed by atoms with Crippen LogP contribution in [0, 0.1) is 5.82 Å². The van der Waals surface area contributed by atoms with E-state index in [9.17, 15) is 27.2 Å². The number of hydrogen-bond acceptors (Lipinski definition) is 4. The summed E-state index contributed by atoms with van der Waals surface area (Å²) in [5.74, 6) is -1.39. The Kier molecular flexibility index (Phi) is 4.19. The first kappa shape index (κ1) is 15.7. The molecule has 0 saturated carbocycles. The molecule has 0 aliphatic carbocycles. The summed E-state index contributed by atoms with van der Waals surface area (Å²) in [7, 11) is 0. The Morgan fingerprint density at radius 2 is 2.10 bits per heavy atom. The minimum Gasteiger partial charge on any atom is -0.382 e. The van der Waals surface area contributed by atoms with Crippen molar-refractivity contribution < 1.29 is 27.4 Å². The number of ether oxygens (including phenoxy) is 1. The summed E-state index contributed by atoms with van der Waals surface area (Å²) in [6.45, 7) is -1.05. The molecule has 2 atom stereocenters. The van der Waals surface area contributed by atoms with Gasteiger partial charge in [0.05, 0.1) is 12.7 Å². The van der Waals surface area contributed by atoms with E-state index in [1.807, 2.05) is 0 Å². The predicted molar refractivity (Wildman–Crippen MR) is 61.2 cm³/mol. The third-order valence-electron chi connectivity index (χ3n) is 3.10. The molecule has 1 aliphatic rings. The minimum atomic E-state index is -5.02. The molecule has 10 heteroatoms. The Labute approximate surface area is 115 Å². The van der Waals surface area contributed by atoms with Gasteiger partial charge in [0.2, 0.25) is 5.82 Å². The Morgan fingerprint density at radius 3 is 2.62 bits per heavy atom. The summed E-state index contributed by atoms with van der Waals surface area (Å²) in [5.41, 5.74) is -2.67. The van der Waals surface area contributed by atoms with Gasteiger partial charge in [-0.1, -0.05) is 0 Å². The van der Waals surface area contributed by atoms with E-state index in [0.29, 0.717) is 25.6 Å². The molecule has 21 heavy (non-hydrogen) atoms. The molecule has 1 saturated heterocycles. The van der Waals surface area contributed by atoms with Gasteiger partial charge >= 0.3 is 11.9 Å². The maximum Gasteiger partial charge on any atom is 0.416 e. The summed E-state index contributed by atoms with van der Waals surface area (Å²) in [5, 5.41) is 8.95. The molecule has 2 rings (SSSR count). The van der Waals surface area contributed by atoms with Crippen LogP contribution >= 0.6 is 0 Å². The van der Waals surface area contributed by atoms with Crippen LogP contribution < -0.4 is 11.2 Å². The zero-order chi connectivity index (χ0) is 15.8. The van der Waals surface area contributed by atoms with Crippen LogP contribution in [0.4, 0.5) is 17.6 Å². The fourth-order valence-electron chi connectivity index (χ4n) is 2.01. The van der Waals surface area contributed by atoms with E-state index in [1.54, 1.807) is 0 Å². The van der Waals surface area contributed by atoms with Crippen LogP contribution in [0.1, 0.15) is 19.1 Å². The monoisotopic (exact) mass is 312 g/mol. The molecule has 0 bridgehead atoms. The van der Waals surface area contributed by atoms with Gasteiger partial charge in [0, 0.05) is 6.61 Å². The van der Waals surface area contributed by atoms with Crippen molar-refractivity contribution in [2.24, 2.45) is 0 Å². The van der Waals surface area contributed by atoms with Gasteiger partial charge in [-0.2, -0.15) is 17.6 Å². The lowest BCUT2D eigenvalue weighted by atomic mass is 10.3. The zero-order valence-corrected chi connectivity index (χ0v) is 10.6. The van der Waals surface area contributed by atoms with E-state index in [0.717, 1.165) is 4.57 Å². The SMILES string of the molecule is O=c1c(F)cn([C@@H]2CCCO2)c(=O)n1C[C@H](O)C(F)(F)F. The quantitative estimate of drug-likeness (QED) is 0.819. The molecule has 0 amide bonds. The lowest BCUT2D eigenvalue weighted by Gasteiger charge is -2.18. The lowest BCUT2D eigenvalue weighted by Crippen LogP contribution is -2.47. The van der Waals surface area contributed by atoms with Crippen molar-refractivity contribution in [2.75, 3.05) is 6.61 Å². The first-order valence-electron chi connectivity index (χ1n) is 6.09. The van der Waals surface area contributed by atoms with E-state index in [-0.39, 0.29) is 4.57 Å². The van der Waals surface area contributed by atoms with Crippen LogP contribution in [-0.2, 0) is 11.3 Å². The maximum absolute atomic E-state index is 13.5. The number of aliphatic hydroxyl groups is 1. The number of rotatable bonds is 3. The summed E-state index contributed by atoms with van der Waals surface area (Å²) in [6.07, 6.45) is -7.21. The highest BCUT2D eigenvalue weighted by Gasteiger charge is 2.39. The number of nitrogens with zero attached hydrogens (tertiary/aromatic N) is 2. The van der Waals surface area contributed by atoms with Gasteiger partial charge in [-0.25, -0.2) is 4.79 Å². The molecule has 1 aromatic rings. The first-order chi connectivity index (χ1) is 9.71. The van der Waals surface area contributed by atoms with Crippen LogP contribution in [0.25, 0.3) is 0 Å². The van der Waals surface area contributed by atoms with E-state index in [4.69, 9.17) is 9.84 Å².